The molecule has 6 nitrogen and oxygen atoms in total. The standard InChI is InChI=1S/C24H25FNO5P/c1-15(2)24-20(4-3-11-31-32(30)14-19(27)12-23(28)29)21(13-22(26-24)17-5-6-17)16-7-9-18(25)10-8-16/h7-10,13,15,17,19,27H,5-6,11-12,14H2,1-2H3/p+1/t19-/m0/s1. The summed E-state index contributed by atoms with van der Waals surface area (Å²) in [6.07, 6.45) is 0.216. The van der Waals surface area contributed by atoms with E-state index in [1.807, 2.05) is 19.9 Å². The molecule has 8 heteroatoms. The number of benzene rings is 1. The molecule has 1 aliphatic rings. The molecule has 1 saturated carbocycles. The van der Waals surface area contributed by atoms with Gasteiger partial charge < -0.3 is 10.2 Å². The molecule has 1 aromatic carbocycles. The van der Waals surface area contributed by atoms with E-state index in [1.54, 1.807) is 12.1 Å². The summed E-state index contributed by atoms with van der Waals surface area (Å²) in [7, 11) is -2.23. The number of aromatic nitrogens is 1. The van der Waals surface area contributed by atoms with Gasteiger partial charge in [-0.15, -0.1) is 4.52 Å². The summed E-state index contributed by atoms with van der Waals surface area (Å²) in [5.74, 6) is 5.02. The Morgan fingerprint density at radius 3 is 2.59 bits per heavy atom. The molecule has 32 heavy (non-hydrogen) atoms. The topological polar surface area (TPSA) is 96.7 Å². The molecule has 0 spiro atoms. The first-order chi connectivity index (χ1) is 15.2. The fraction of sp³-hybridized carbons (Fsp3) is 0.417. The van der Waals surface area contributed by atoms with Crippen molar-refractivity contribution in [2.45, 2.75) is 51.0 Å². The Morgan fingerprint density at radius 1 is 1.31 bits per heavy atom. The number of hydrogen-bond acceptors (Lipinski definition) is 5. The predicted octanol–water partition coefficient (Wildman–Crippen LogP) is 4.83. The molecule has 2 N–H and O–H groups in total. The minimum atomic E-state index is -2.23. The largest absolute Gasteiger partial charge is 0.511 e. The molecule has 1 aliphatic carbocycles. The van der Waals surface area contributed by atoms with Crippen LogP contribution in [0.2, 0.25) is 0 Å². The Hall–Kier alpha value is -2.65. The van der Waals surface area contributed by atoms with E-state index in [1.165, 1.54) is 12.1 Å². The molecule has 0 saturated heterocycles. The fourth-order valence-electron chi connectivity index (χ4n) is 3.30. The van der Waals surface area contributed by atoms with Crippen LogP contribution in [0.1, 0.15) is 61.9 Å². The number of aliphatic hydroxyl groups excluding tert-OH is 1. The molecule has 0 bridgehead atoms. The van der Waals surface area contributed by atoms with Crippen LogP contribution in [0, 0.1) is 17.7 Å². The second kappa shape index (κ2) is 10.8. The molecule has 2 atom stereocenters. The zero-order valence-electron chi connectivity index (χ0n) is 18.0. The van der Waals surface area contributed by atoms with Crippen LogP contribution in [0.4, 0.5) is 4.39 Å². The van der Waals surface area contributed by atoms with Gasteiger partial charge in [0.2, 0.25) is 6.16 Å². The van der Waals surface area contributed by atoms with Gasteiger partial charge >= 0.3 is 14.0 Å². The quantitative estimate of drug-likeness (QED) is 0.413. The number of hydrogen-bond donors (Lipinski definition) is 2. The highest BCUT2D eigenvalue weighted by molar-refractivity contribution is 7.39. The average molecular weight is 458 g/mol. The van der Waals surface area contributed by atoms with E-state index >= 15 is 0 Å². The smallest absolute Gasteiger partial charge is 0.481 e. The zero-order chi connectivity index (χ0) is 23.3. The van der Waals surface area contributed by atoms with Crippen LogP contribution in [-0.2, 0) is 13.9 Å². The molecule has 2 aromatic rings. The van der Waals surface area contributed by atoms with Crippen molar-refractivity contribution in [2.75, 3.05) is 12.8 Å². The first-order valence-electron chi connectivity index (χ1n) is 10.5. The fourth-order valence-corrected chi connectivity index (χ4v) is 4.09. The normalized spacial score (nSPS) is 14.6. The summed E-state index contributed by atoms with van der Waals surface area (Å²) in [6, 6.07) is 8.27. The van der Waals surface area contributed by atoms with E-state index in [2.05, 4.69) is 11.8 Å². The van der Waals surface area contributed by atoms with E-state index in [9.17, 15) is 18.9 Å². The number of carboxylic acids is 1. The molecule has 168 valence electrons. The van der Waals surface area contributed by atoms with Crippen molar-refractivity contribution in [2.24, 2.45) is 0 Å². The molecular weight excluding hydrogens is 432 g/mol. The number of carboxylic acid groups (broad SMARTS) is 1. The van der Waals surface area contributed by atoms with Gasteiger partial charge in [-0.25, -0.2) is 4.39 Å². The van der Waals surface area contributed by atoms with Gasteiger partial charge in [0, 0.05) is 17.2 Å². The van der Waals surface area contributed by atoms with Gasteiger partial charge in [0.05, 0.1) is 17.7 Å². The van der Waals surface area contributed by atoms with Gasteiger partial charge in [-0.1, -0.05) is 37.8 Å². The van der Waals surface area contributed by atoms with Crippen molar-refractivity contribution in [3.8, 4) is 23.0 Å². The lowest BCUT2D eigenvalue weighted by atomic mass is 9.93. The summed E-state index contributed by atoms with van der Waals surface area (Å²) in [5.41, 5.74) is 4.30. The van der Waals surface area contributed by atoms with Crippen molar-refractivity contribution < 1.29 is 28.5 Å². The lowest BCUT2D eigenvalue weighted by Crippen LogP contribution is -2.15. The van der Waals surface area contributed by atoms with Crippen LogP contribution in [0.3, 0.4) is 0 Å². The van der Waals surface area contributed by atoms with Gasteiger partial charge in [-0.2, -0.15) is 0 Å². The van der Waals surface area contributed by atoms with Gasteiger partial charge in [0.15, 0.2) is 6.61 Å². The van der Waals surface area contributed by atoms with Crippen LogP contribution in [0.5, 0.6) is 0 Å². The first kappa shape index (κ1) is 24.0. The maximum atomic E-state index is 13.5. The summed E-state index contributed by atoms with van der Waals surface area (Å²) in [5, 5.41) is 18.2. The molecule has 1 unspecified atom stereocenters. The molecule has 0 radical (unpaired) electrons. The van der Waals surface area contributed by atoms with Crippen molar-refractivity contribution in [3.05, 3.63) is 53.1 Å². The van der Waals surface area contributed by atoms with Gasteiger partial charge in [-0.05, 0) is 47.1 Å². The molecule has 1 heterocycles. The van der Waals surface area contributed by atoms with Crippen LogP contribution in [0.15, 0.2) is 30.3 Å². The number of carbonyl (C=O) groups is 1. The zero-order valence-corrected chi connectivity index (χ0v) is 18.9. The summed E-state index contributed by atoms with van der Waals surface area (Å²) in [6.45, 7) is 3.94. The molecular formula is C24H26FNO5P+. The maximum Gasteiger partial charge on any atom is 0.511 e. The predicted molar refractivity (Wildman–Crippen MR) is 119 cm³/mol. The van der Waals surface area contributed by atoms with Crippen molar-refractivity contribution >= 4 is 14.0 Å². The van der Waals surface area contributed by atoms with Gasteiger partial charge in [0.1, 0.15) is 11.9 Å². The van der Waals surface area contributed by atoms with Crippen LogP contribution >= 0.6 is 8.03 Å². The van der Waals surface area contributed by atoms with Gasteiger partial charge in [-0.3, -0.25) is 9.78 Å². The van der Waals surface area contributed by atoms with E-state index in [0.29, 0.717) is 5.92 Å². The summed E-state index contributed by atoms with van der Waals surface area (Å²) >= 11 is 0. The Bertz CT molecular complexity index is 1050. The average Bonchev–Trinajstić information content (AvgIpc) is 3.56. The van der Waals surface area contributed by atoms with Crippen LogP contribution < -0.4 is 0 Å². The highest BCUT2D eigenvalue weighted by Crippen LogP contribution is 2.42. The van der Waals surface area contributed by atoms with E-state index in [-0.39, 0.29) is 24.5 Å². The Balaban J connectivity index is 1.84. The Morgan fingerprint density at radius 2 is 2.00 bits per heavy atom. The Kier molecular flexibility index (Phi) is 8.09. The van der Waals surface area contributed by atoms with E-state index in [4.69, 9.17) is 14.6 Å². The van der Waals surface area contributed by atoms with Crippen LogP contribution in [-0.4, -0.2) is 40.0 Å². The number of pyridine rings is 1. The second-order valence-electron chi connectivity index (χ2n) is 8.13. The lowest BCUT2D eigenvalue weighted by Gasteiger charge is -2.15. The van der Waals surface area contributed by atoms with E-state index in [0.717, 1.165) is 40.9 Å². The monoisotopic (exact) mass is 458 g/mol. The molecule has 3 rings (SSSR count). The van der Waals surface area contributed by atoms with E-state index < -0.39 is 26.5 Å². The molecule has 1 aromatic heterocycles. The molecule has 1 fully saturated rings. The van der Waals surface area contributed by atoms with Crippen molar-refractivity contribution in [1.82, 2.24) is 4.98 Å². The number of aliphatic hydroxyl groups is 1. The number of nitrogens with zero attached hydrogens (tertiary/aromatic N) is 1. The highest BCUT2D eigenvalue weighted by atomic mass is 31.1. The minimum absolute atomic E-state index is 0.112. The first-order valence-corrected chi connectivity index (χ1v) is 11.9. The number of aliphatic carboxylic acids is 1. The third-order valence-corrected chi connectivity index (χ3v) is 6.17. The van der Waals surface area contributed by atoms with Crippen molar-refractivity contribution in [3.63, 3.8) is 0 Å². The lowest BCUT2D eigenvalue weighted by molar-refractivity contribution is -0.138. The maximum absolute atomic E-state index is 13.5. The number of halogens is 1. The number of rotatable bonds is 9. The second-order valence-corrected chi connectivity index (χ2v) is 9.42. The molecule has 0 aliphatic heterocycles. The van der Waals surface area contributed by atoms with Crippen molar-refractivity contribution in [1.29, 1.82) is 0 Å². The summed E-state index contributed by atoms with van der Waals surface area (Å²) < 4.78 is 30.6. The Labute approximate surface area is 187 Å². The minimum Gasteiger partial charge on any atom is -0.481 e. The van der Waals surface area contributed by atoms with Gasteiger partial charge in [0.25, 0.3) is 0 Å². The SMILES string of the molecule is CC(C)c1nc(C2CC2)cc(-c2ccc(F)cc2)c1C#CCO[P+](=O)C[C@@H](O)CC(=O)O. The summed E-state index contributed by atoms with van der Waals surface area (Å²) in [4.78, 5) is 15.4. The highest BCUT2D eigenvalue weighted by Gasteiger charge is 2.28. The van der Waals surface area contributed by atoms with Crippen LogP contribution in [0.25, 0.3) is 11.1 Å². The third-order valence-electron chi connectivity index (χ3n) is 5.03. The third kappa shape index (κ3) is 6.67. The molecule has 0 amide bonds.